The van der Waals surface area contributed by atoms with E-state index in [-0.39, 0.29) is 0 Å². The quantitative estimate of drug-likeness (QED) is 0.310. The largest absolute Gasteiger partial charge is 0.497 e. The molecule has 0 saturated carbocycles. The Labute approximate surface area is 184 Å². The molecule has 4 heteroatoms. The maximum Gasteiger partial charge on any atom is 0.122 e. The SMILES string of the molecule is COc1ccc(Cc2nc3ccccc3n2CCCCOc2ccc(C)cc2C)cc1. The number of hydrogen-bond donors (Lipinski definition) is 0. The van der Waals surface area contributed by atoms with E-state index in [1.165, 1.54) is 22.2 Å². The van der Waals surface area contributed by atoms with Gasteiger partial charge in [-0.1, -0.05) is 42.0 Å². The maximum absolute atomic E-state index is 6.01. The molecule has 1 heterocycles. The molecule has 0 unspecified atom stereocenters. The number of benzene rings is 3. The van der Waals surface area contributed by atoms with E-state index in [2.05, 4.69) is 73.0 Å². The van der Waals surface area contributed by atoms with Gasteiger partial charge in [0.2, 0.25) is 0 Å². The van der Waals surface area contributed by atoms with Crippen LogP contribution in [0.2, 0.25) is 0 Å². The number of nitrogens with zero attached hydrogens (tertiary/aromatic N) is 2. The Morgan fingerprint density at radius 2 is 1.71 bits per heavy atom. The second-order valence-electron chi connectivity index (χ2n) is 8.02. The third kappa shape index (κ3) is 5.08. The Morgan fingerprint density at radius 3 is 2.48 bits per heavy atom. The first kappa shape index (κ1) is 21.0. The van der Waals surface area contributed by atoms with Crippen molar-refractivity contribution in [1.29, 1.82) is 0 Å². The second-order valence-corrected chi connectivity index (χ2v) is 8.02. The van der Waals surface area contributed by atoms with Gasteiger partial charge in [0, 0.05) is 13.0 Å². The van der Waals surface area contributed by atoms with Gasteiger partial charge in [0.05, 0.1) is 24.8 Å². The summed E-state index contributed by atoms with van der Waals surface area (Å²) in [5.74, 6) is 2.96. The molecule has 0 aliphatic carbocycles. The van der Waals surface area contributed by atoms with Crippen LogP contribution in [-0.2, 0) is 13.0 Å². The van der Waals surface area contributed by atoms with Crippen LogP contribution in [0.1, 0.15) is 35.4 Å². The minimum absolute atomic E-state index is 0.727. The number of rotatable bonds is 9. The van der Waals surface area contributed by atoms with E-state index in [4.69, 9.17) is 14.5 Å². The van der Waals surface area contributed by atoms with Crippen molar-refractivity contribution in [3.05, 3.63) is 89.2 Å². The number of unbranched alkanes of at least 4 members (excludes halogenated alkanes) is 1. The lowest BCUT2D eigenvalue weighted by Crippen LogP contribution is -2.07. The van der Waals surface area contributed by atoms with Gasteiger partial charge in [0.25, 0.3) is 0 Å². The summed E-state index contributed by atoms with van der Waals surface area (Å²) in [5, 5.41) is 0. The minimum Gasteiger partial charge on any atom is -0.497 e. The van der Waals surface area contributed by atoms with Crippen LogP contribution in [0.15, 0.2) is 66.7 Å². The molecule has 3 aromatic carbocycles. The smallest absolute Gasteiger partial charge is 0.122 e. The highest BCUT2D eigenvalue weighted by molar-refractivity contribution is 5.76. The number of imidazole rings is 1. The maximum atomic E-state index is 6.01. The van der Waals surface area contributed by atoms with Crippen LogP contribution in [0.5, 0.6) is 11.5 Å². The fourth-order valence-electron chi connectivity index (χ4n) is 3.95. The molecular weight excluding hydrogens is 384 g/mol. The predicted octanol–water partition coefficient (Wildman–Crippen LogP) is 6.11. The monoisotopic (exact) mass is 414 g/mol. The van der Waals surface area contributed by atoms with E-state index in [0.29, 0.717) is 0 Å². The number of para-hydroxylation sites is 2. The van der Waals surface area contributed by atoms with E-state index >= 15 is 0 Å². The molecule has 4 aromatic rings. The van der Waals surface area contributed by atoms with Crippen LogP contribution in [0.3, 0.4) is 0 Å². The van der Waals surface area contributed by atoms with Crippen LogP contribution in [0, 0.1) is 13.8 Å². The molecule has 0 aliphatic heterocycles. The molecule has 1 aromatic heterocycles. The highest BCUT2D eigenvalue weighted by atomic mass is 16.5. The molecule has 4 rings (SSSR count). The molecule has 0 amide bonds. The van der Waals surface area contributed by atoms with Crippen molar-refractivity contribution >= 4 is 11.0 Å². The number of aryl methyl sites for hydroxylation is 3. The van der Waals surface area contributed by atoms with Crippen LogP contribution in [-0.4, -0.2) is 23.3 Å². The summed E-state index contributed by atoms with van der Waals surface area (Å²) in [7, 11) is 1.69. The van der Waals surface area contributed by atoms with Gasteiger partial charge in [-0.25, -0.2) is 4.98 Å². The van der Waals surface area contributed by atoms with E-state index in [9.17, 15) is 0 Å². The highest BCUT2D eigenvalue weighted by Gasteiger charge is 2.11. The molecule has 0 atom stereocenters. The van der Waals surface area contributed by atoms with Crippen molar-refractivity contribution in [2.75, 3.05) is 13.7 Å². The number of hydrogen-bond acceptors (Lipinski definition) is 3. The average molecular weight is 415 g/mol. The Morgan fingerprint density at radius 1 is 0.903 bits per heavy atom. The summed E-state index contributed by atoms with van der Waals surface area (Å²) in [5.41, 5.74) is 5.94. The zero-order valence-corrected chi connectivity index (χ0v) is 18.6. The normalized spacial score (nSPS) is 11.1. The van der Waals surface area contributed by atoms with Gasteiger partial charge in [0.15, 0.2) is 0 Å². The molecule has 160 valence electrons. The van der Waals surface area contributed by atoms with Crippen molar-refractivity contribution in [3.8, 4) is 11.5 Å². The third-order valence-corrected chi connectivity index (χ3v) is 5.62. The zero-order valence-electron chi connectivity index (χ0n) is 18.6. The molecule has 0 N–H and O–H groups in total. The Kier molecular flexibility index (Phi) is 6.56. The molecular formula is C27H30N2O2. The lowest BCUT2D eigenvalue weighted by Gasteiger charge is -2.12. The van der Waals surface area contributed by atoms with Crippen molar-refractivity contribution in [2.24, 2.45) is 0 Å². The third-order valence-electron chi connectivity index (χ3n) is 5.62. The molecule has 0 spiro atoms. The topological polar surface area (TPSA) is 36.3 Å². The van der Waals surface area contributed by atoms with Gasteiger partial charge in [0.1, 0.15) is 17.3 Å². The first-order valence-electron chi connectivity index (χ1n) is 10.9. The highest BCUT2D eigenvalue weighted by Crippen LogP contribution is 2.22. The van der Waals surface area contributed by atoms with Crippen LogP contribution in [0.4, 0.5) is 0 Å². The van der Waals surface area contributed by atoms with Crippen molar-refractivity contribution in [2.45, 2.75) is 39.7 Å². The molecule has 0 radical (unpaired) electrons. The van der Waals surface area contributed by atoms with E-state index in [1.54, 1.807) is 7.11 Å². The summed E-state index contributed by atoms with van der Waals surface area (Å²) < 4.78 is 13.6. The number of aromatic nitrogens is 2. The van der Waals surface area contributed by atoms with Gasteiger partial charge in [-0.3, -0.25) is 0 Å². The van der Waals surface area contributed by atoms with Gasteiger partial charge in [-0.05, 0) is 68.1 Å². The second kappa shape index (κ2) is 9.69. The minimum atomic E-state index is 0.727. The summed E-state index contributed by atoms with van der Waals surface area (Å²) in [6, 6.07) is 23.0. The van der Waals surface area contributed by atoms with Gasteiger partial charge < -0.3 is 14.0 Å². The molecule has 0 aliphatic rings. The Balaban J connectivity index is 1.41. The van der Waals surface area contributed by atoms with Gasteiger partial charge >= 0.3 is 0 Å². The average Bonchev–Trinajstić information content (AvgIpc) is 3.12. The van der Waals surface area contributed by atoms with E-state index in [1.807, 2.05) is 12.1 Å². The molecule has 0 saturated heterocycles. The fraction of sp³-hybridized carbons (Fsp3) is 0.296. The molecule has 0 bridgehead atoms. The number of ether oxygens (including phenoxy) is 2. The van der Waals surface area contributed by atoms with E-state index in [0.717, 1.165) is 55.3 Å². The summed E-state index contributed by atoms with van der Waals surface area (Å²) >= 11 is 0. The van der Waals surface area contributed by atoms with E-state index < -0.39 is 0 Å². The van der Waals surface area contributed by atoms with Gasteiger partial charge in [-0.2, -0.15) is 0 Å². The Bertz CT molecular complexity index is 1150. The summed E-state index contributed by atoms with van der Waals surface area (Å²) in [6.07, 6.45) is 2.85. The summed E-state index contributed by atoms with van der Waals surface area (Å²) in [6.45, 7) is 5.87. The Hall–Kier alpha value is -3.27. The molecule has 31 heavy (non-hydrogen) atoms. The zero-order chi connectivity index (χ0) is 21.6. The van der Waals surface area contributed by atoms with Crippen molar-refractivity contribution < 1.29 is 9.47 Å². The standard InChI is InChI=1S/C27H30N2O2/c1-20-10-15-26(21(2)18-20)31-17-7-6-16-29-25-9-5-4-8-24(25)28-27(29)19-22-11-13-23(30-3)14-12-22/h4-5,8-15,18H,6-7,16-17,19H2,1-3H3. The lowest BCUT2D eigenvalue weighted by atomic mass is 10.1. The first-order valence-corrected chi connectivity index (χ1v) is 10.9. The van der Waals surface area contributed by atoms with Crippen molar-refractivity contribution in [3.63, 3.8) is 0 Å². The lowest BCUT2D eigenvalue weighted by molar-refractivity contribution is 0.301. The molecule has 0 fully saturated rings. The predicted molar refractivity (Wildman–Crippen MR) is 126 cm³/mol. The van der Waals surface area contributed by atoms with Crippen LogP contribution < -0.4 is 9.47 Å². The van der Waals surface area contributed by atoms with Crippen LogP contribution >= 0.6 is 0 Å². The number of methoxy groups -OCH3 is 1. The summed E-state index contributed by atoms with van der Waals surface area (Å²) in [4.78, 5) is 4.92. The van der Waals surface area contributed by atoms with Crippen LogP contribution in [0.25, 0.3) is 11.0 Å². The first-order chi connectivity index (χ1) is 15.1. The molecule has 4 nitrogen and oxygen atoms in total. The number of fused-ring (bicyclic) bond motifs is 1. The fourth-order valence-corrected chi connectivity index (χ4v) is 3.95. The van der Waals surface area contributed by atoms with Crippen molar-refractivity contribution in [1.82, 2.24) is 9.55 Å². The van der Waals surface area contributed by atoms with Gasteiger partial charge in [-0.15, -0.1) is 0 Å².